The second-order valence-electron chi connectivity index (χ2n) is 9.05. The fourth-order valence-electron chi connectivity index (χ4n) is 4.99. The van der Waals surface area contributed by atoms with Gasteiger partial charge in [0.15, 0.2) is 0 Å². The van der Waals surface area contributed by atoms with Gasteiger partial charge in [0.05, 0.1) is 10.6 Å². The Hall–Kier alpha value is -4.00. The molecule has 5 nitrogen and oxygen atoms in total. The maximum absolute atomic E-state index is 13.2. The van der Waals surface area contributed by atoms with Crippen molar-refractivity contribution >= 4 is 49.1 Å². The van der Waals surface area contributed by atoms with E-state index in [1.165, 1.54) is 12.1 Å². The summed E-state index contributed by atoms with van der Waals surface area (Å²) in [4.78, 5) is 6.99. The van der Waals surface area contributed by atoms with Crippen molar-refractivity contribution < 1.29 is 8.42 Å². The zero-order valence-corrected chi connectivity index (χ0v) is 21.4. The van der Waals surface area contributed by atoms with Gasteiger partial charge in [-0.1, -0.05) is 66.2 Å². The lowest BCUT2D eigenvalue weighted by Gasteiger charge is -2.20. The highest BCUT2D eigenvalue weighted by Gasteiger charge is 2.24. The molecular formula is C30H24ClN3O2S. The molecule has 7 heteroatoms. The first-order valence-corrected chi connectivity index (χ1v) is 13.8. The van der Waals surface area contributed by atoms with E-state index in [1.54, 1.807) is 12.1 Å². The van der Waals surface area contributed by atoms with E-state index in [4.69, 9.17) is 11.6 Å². The van der Waals surface area contributed by atoms with Gasteiger partial charge in [0.25, 0.3) is 10.0 Å². The first-order valence-electron chi connectivity index (χ1n) is 12.0. The maximum Gasteiger partial charge on any atom is 0.261 e. The van der Waals surface area contributed by atoms with Crippen molar-refractivity contribution in [3.63, 3.8) is 0 Å². The highest BCUT2D eigenvalue weighted by atomic mass is 35.5. The monoisotopic (exact) mass is 525 g/mol. The van der Waals surface area contributed by atoms with E-state index in [9.17, 15) is 8.42 Å². The lowest BCUT2D eigenvalue weighted by atomic mass is 9.85. The standard InChI is InChI=1S/C30H24ClN3O2S/c31-21-13-15-22(16-14-21)37(35,36)34-28-10-4-1-7-20(28)17-25(26-18-32-29-11-5-2-8-23(26)29)27-19-33-30-12-6-3-9-24(27)30/h1-16,18-19,25,32-34H,17H2. The molecule has 6 rings (SSSR count). The van der Waals surface area contributed by atoms with E-state index < -0.39 is 10.0 Å². The minimum atomic E-state index is -3.79. The summed E-state index contributed by atoms with van der Waals surface area (Å²) in [6, 6.07) is 30.2. The van der Waals surface area contributed by atoms with Crippen LogP contribution in [0.2, 0.25) is 5.02 Å². The van der Waals surface area contributed by atoms with Crippen molar-refractivity contribution in [3.05, 3.63) is 131 Å². The van der Waals surface area contributed by atoms with Crippen molar-refractivity contribution in [2.45, 2.75) is 17.2 Å². The SMILES string of the molecule is O=S(=O)(Nc1ccccc1CC(c1c[nH]c2ccccc12)c1c[nH]c2ccccc12)c1ccc(Cl)cc1. The van der Waals surface area contributed by atoms with E-state index in [2.05, 4.69) is 51.3 Å². The number of nitrogens with one attached hydrogen (secondary N) is 3. The predicted octanol–water partition coefficient (Wildman–Crippen LogP) is 7.48. The summed E-state index contributed by atoms with van der Waals surface area (Å²) < 4.78 is 29.2. The molecule has 37 heavy (non-hydrogen) atoms. The lowest BCUT2D eigenvalue weighted by molar-refractivity contribution is 0.601. The third kappa shape index (κ3) is 4.50. The largest absolute Gasteiger partial charge is 0.361 e. The summed E-state index contributed by atoms with van der Waals surface area (Å²) in [5.41, 5.74) is 5.92. The topological polar surface area (TPSA) is 77.8 Å². The molecule has 0 saturated carbocycles. The van der Waals surface area contributed by atoms with E-state index in [-0.39, 0.29) is 10.8 Å². The van der Waals surface area contributed by atoms with Crippen molar-refractivity contribution in [2.75, 3.05) is 4.72 Å². The zero-order valence-electron chi connectivity index (χ0n) is 19.8. The van der Waals surface area contributed by atoms with Crippen LogP contribution in [0.5, 0.6) is 0 Å². The highest BCUT2D eigenvalue weighted by molar-refractivity contribution is 7.92. The van der Waals surface area contributed by atoms with Gasteiger partial charge in [-0.25, -0.2) is 8.42 Å². The molecule has 0 radical (unpaired) electrons. The lowest BCUT2D eigenvalue weighted by Crippen LogP contribution is -2.15. The number of fused-ring (bicyclic) bond motifs is 2. The van der Waals surface area contributed by atoms with Crippen LogP contribution in [0.25, 0.3) is 21.8 Å². The molecule has 3 N–H and O–H groups in total. The van der Waals surface area contributed by atoms with E-state index >= 15 is 0 Å². The van der Waals surface area contributed by atoms with Crippen LogP contribution < -0.4 is 4.72 Å². The average Bonchev–Trinajstić information content (AvgIpc) is 3.53. The number of para-hydroxylation sites is 3. The third-order valence-corrected chi connectivity index (χ3v) is 8.44. The number of hydrogen-bond acceptors (Lipinski definition) is 2. The molecule has 0 aliphatic heterocycles. The molecule has 0 unspecified atom stereocenters. The zero-order chi connectivity index (χ0) is 25.4. The summed E-state index contributed by atoms with van der Waals surface area (Å²) >= 11 is 5.96. The van der Waals surface area contributed by atoms with Gasteiger partial charge in [-0.15, -0.1) is 0 Å². The minimum Gasteiger partial charge on any atom is -0.361 e. The number of halogens is 1. The number of anilines is 1. The van der Waals surface area contributed by atoms with Crippen molar-refractivity contribution in [2.24, 2.45) is 0 Å². The number of sulfonamides is 1. The number of hydrogen-bond donors (Lipinski definition) is 3. The maximum atomic E-state index is 13.2. The molecule has 0 spiro atoms. The van der Waals surface area contributed by atoms with E-state index in [0.29, 0.717) is 17.1 Å². The molecule has 0 amide bonds. The molecule has 0 fully saturated rings. The Bertz CT molecular complexity index is 1750. The van der Waals surface area contributed by atoms with Crippen LogP contribution in [0.3, 0.4) is 0 Å². The number of aromatic amines is 2. The van der Waals surface area contributed by atoms with Crippen LogP contribution in [-0.2, 0) is 16.4 Å². The van der Waals surface area contributed by atoms with Crippen LogP contribution >= 0.6 is 11.6 Å². The van der Waals surface area contributed by atoms with Gasteiger partial charge in [-0.05, 0) is 65.6 Å². The third-order valence-electron chi connectivity index (χ3n) is 6.80. The summed E-state index contributed by atoms with van der Waals surface area (Å²) in [5.74, 6) is -0.0199. The molecule has 184 valence electrons. The highest BCUT2D eigenvalue weighted by Crippen LogP contribution is 2.38. The van der Waals surface area contributed by atoms with Crippen LogP contribution in [0.1, 0.15) is 22.6 Å². The van der Waals surface area contributed by atoms with Gasteiger partial charge in [-0.2, -0.15) is 0 Å². The Labute approximate surface area is 220 Å². The van der Waals surface area contributed by atoms with Crippen molar-refractivity contribution in [3.8, 4) is 0 Å². The van der Waals surface area contributed by atoms with Gasteiger partial charge >= 0.3 is 0 Å². The van der Waals surface area contributed by atoms with Crippen LogP contribution in [-0.4, -0.2) is 18.4 Å². The Kier molecular flexibility index (Phi) is 5.99. The predicted molar refractivity (Wildman–Crippen MR) is 151 cm³/mol. The Morgan fingerprint density at radius 1 is 0.703 bits per heavy atom. The van der Waals surface area contributed by atoms with Gasteiger partial charge in [0.1, 0.15) is 0 Å². The smallest absolute Gasteiger partial charge is 0.261 e. The van der Waals surface area contributed by atoms with Crippen LogP contribution in [0.15, 0.2) is 114 Å². The number of rotatable bonds is 7. The summed E-state index contributed by atoms with van der Waals surface area (Å²) in [7, 11) is -3.79. The Balaban J connectivity index is 1.44. The molecular weight excluding hydrogens is 502 g/mol. The molecule has 6 aromatic rings. The Morgan fingerprint density at radius 2 is 1.24 bits per heavy atom. The average molecular weight is 526 g/mol. The summed E-state index contributed by atoms with van der Waals surface area (Å²) in [6.45, 7) is 0. The molecule has 0 aliphatic carbocycles. The van der Waals surface area contributed by atoms with Crippen LogP contribution in [0.4, 0.5) is 5.69 Å². The first kappa shape index (κ1) is 23.4. The van der Waals surface area contributed by atoms with Gasteiger partial charge in [0.2, 0.25) is 0 Å². The summed E-state index contributed by atoms with van der Waals surface area (Å²) in [5, 5.41) is 2.79. The first-order chi connectivity index (χ1) is 18.0. The second-order valence-corrected chi connectivity index (χ2v) is 11.2. The van der Waals surface area contributed by atoms with E-state index in [0.717, 1.165) is 38.5 Å². The molecule has 2 aromatic heterocycles. The Morgan fingerprint density at radius 3 is 1.86 bits per heavy atom. The molecule has 2 heterocycles. The summed E-state index contributed by atoms with van der Waals surface area (Å²) in [6.07, 6.45) is 4.73. The quantitative estimate of drug-likeness (QED) is 0.202. The normalized spacial score (nSPS) is 11.9. The number of aromatic nitrogens is 2. The van der Waals surface area contributed by atoms with Gasteiger partial charge in [-0.3, -0.25) is 4.72 Å². The minimum absolute atomic E-state index is 0.0199. The van der Waals surface area contributed by atoms with Gasteiger partial charge in [0, 0.05) is 45.1 Å². The van der Waals surface area contributed by atoms with Crippen molar-refractivity contribution in [1.29, 1.82) is 0 Å². The second kappa shape index (κ2) is 9.47. The fraction of sp³-hybridized carbons (Fsp3) is 0.0667. The molecule has 0 saturated heterocycles. The molecule has 0 aliphatic rings. The van der Waals surface area contributed by atoms with Crippen molar-refractivity contribution in [1.82, 2.24) is 9.97 Å². The molecule has 0 bridgehead atoms. The van der Waals surface area contributed by atoms with E-state index in [1.807, 2.05) is 48.5 Å². The molecule has 4 aromatic carbocycles. The fourth-order valence-corrected chi connectivity index (χ4v) is 6.21. The van der Waals surface area contributed by atoms with Crippen LogP contribution in [0, 0.1) is 0 Å². The molecule has 0 atom stereocenters. The number of H-pyrrole nitrogens is 2. The number of benzene rings is 4. The van der Waals surface area contributed by atoms with Gasteiger partial charge < -0.3 is 9.97 Å².